The van der Waals surface area contributed by atoms with Gasteiger partial charge in [-0.3, -0.25) is 4.79 Å². The van der Waals surface area contributed by atoms with E-state index in [0.717, 1.165) is 0 Å². The molecule has 0 aliphatic rings. The molecular weight excluding hydrogens is 432 g/mol. The number of carbonyl (C=O) groups excluding carboxylic acids is 3. The van der Waals surface area contributed by atoms with E-state index in [-0.39, 0.29) is 11.5 Å². The molecule has 33 heavy (non-hydrogen) atoms. The van der Waals surface area contributed by atoms with Gasteiger partial charge in [0.15, 0.2) is 0 Å². The molecule has 1 amide bonds. The molecule has 3 N–H and O–H groups in total. The molecule has 10 heteroatoms. The minimum absolute atomic E-state index is 0.288. The van der Waals surface area contributed by atoms with E-state index in [1.54, 1.807) is 18.2 Å². The molecule has 0 spiro atoms. The number of nitrogens with two attached hydrogens (primary N) is 1. The van der Waals surface area contributed by atoms with E-state index >= 15 is 0 Å². The zero-order valence-electron chi connectivity index (χ0n) is 19.2. The molecular formula is C23H28N2O8. The highest BCUT2D eigenvalue weighted by Crippen LogP contribution is 2.21. The Bertz CT molecular complexity index is 988. The number of methoxy groups -OCH3 is 4. The van der Waals surface area contributed by atoms with E-state index in [1.165, 1.54) is 59.0 Å². The van der Waals surface area contributed by atoms with E-state index in [0.29, 0.717) is 35.0 Å². The molecule has 178 valence electrons. The summed E-state index contributed by atoms with van der Waals surface area (Å²) in [5.74, 6) is -0.324. The lowest BCUT2D eigenvalue weighted by atomic mass is 10.2. The van der Waals surface area contributed by atoms with Gasteiger partial charge in [0, 0.05) is 29.6 Å². The molecule has 0 aromatic heterocycles. The topological polar surface area (TPSA) is 135 Å². The normalized spacial score (nSPS) is 9.85. The summed E-state index contributed by atoms with van der Waals surface area (Å²) in [6.45, 7) is 2.29. The molecule has 10 nitrogen and oxygen atoms in total. The van der Waals surface area contributed by atoms with Crippen molar-refractivity contribution in [2.45, 2.75) is 6.92 Å². The molecule has 0 saturated heterocycles. The van der Waals surface area contributed by atoms with Crippen LogP contribution < -0.4 is 20.5 Å². The Balaban J connectivity index is 0.000000361. The summed E-state index contributed by atoms with van der Waals surface area (Å²) >= 11 is 0. The van der Waals surface area contributed by atoms with Gasteiger partial charge in [-0.2, -0.15) is 0 Å². The van der Waals surface area contributed by atoms with Gasteiger partial charge in [0.25, 0.3) is 5.91 Å². The smallest absolute Gasteiger partial charge is 0.338 e. The largest absolute Gasteiger partial charge is 0.501 e. The Hall–Kier alpha value is -4.21. The average molecular weight is 460 g/mol. The number of hydrogen-bond donors (Lipinski definition) is 2. The summed E-state index contributed by atoms with van der Waals surface area (Å²) < 4.78 is 24.1. The van der Waals surface area contributed by atoms with Crippen molar-refractivity contribution in [3.63, 3.8) is 0 Å². The molecule has 0 bridgehead atoms. The number of ether oxygens (including phenoxy) is 5. The van der Waals surface area contributed by atoms with Gasteiger partial charge in [0.1, 0.15) is 11.5 Å². The van der Waals surface area contributed by atoms with Crippen LogP contribution in [0, 0.1) is 0 Å². The maximum Gasteiger partial charge on any atom is 0.338 e. The lowest BCUT2D eigenvalue weighted by molar-refractivity contribution is -0.112. The Morgan fingerprint density at radius 1 is 0.848 bits per heavy atom. The summed E-state index contributed by atoms with van der Waals surface area (Å²) in [7, 11) is 5.58. The molecule has 0 aliphatic carbocycles. The molecule has 0 heterocycles. The van der Waals surface area contributed by atoms with Crippen molar-refractivity contribution in [3.05, 3.63) is 59.9 Å². The van der Waals surface area contributed by atoms with Crippen molar-refractivity contribution in [1.82, 2.24) is 0 Å². The summed E-state index contributed by atoms with van der Waals surface area (Å²) in [5.41, 5.74) is 7.11. The molecule has 2 aromatic rings. The second kappa shape index (κ2) is 14.0. The fourth-order valence-electron chi connectivity index (χ4n) is 2.39. The van der Waals surface area contributed by atoms with Crippen molar-refractivity contribution in [1.29, 1.82) is 0 Å². The van der Waals surface area contributed by atoms with Crippen LogP contribution in [0.4, 0.5) is 11.4 Å². The molecule has 2 rings (SSSR count). The number of rotatable bonds is 8. The van der Waals surface area contributed by atoms with Crippen LogP contribution in [0.3, 0.4) is 0 Å². The van der Waals surface area contributed by atoms with Crippen LogP contribution in [0.2, 0.25) is 0 Å². The van der Waals surface area contributed by atoms with Crippen LogP contribution in [0.5, 0.6) is 11.5 Å². The van der Waals surface area contributed by atoms with Gasteiger partial charge in [-0.1, -0.05) is 0 Å². The molecule has 0 unspecified atom stereocenters. The first kappa shape index (κ1) is 26.8. The first-order chi connectivity index (χ1) is 15.8. The van der Waals surface area contributed by atoms with Crippen molar-refractivity contribution in [2.24, 2.45) is 0 Å². The monoisotopic (exact) mass is 460 g/mol. The number of benzene rings is 2. The third kappa shape index (κ3) is 9.21. The fraction of sp³-hybridized carbons (Fsp3) is 0.261. The Morgan fingerprint density at radius 2 is 1.39 bits per heavy atom. The number of nitrogens with one attached hydrogen (secondary N) is 1. The Labute approximate surface area is 192 Å². The third-order valence-electron chi connectivity index (χ3n) is 3.90. The highest BCUT2D eigenvalue weighted by molar-refractivity contribution is 6.00. The summed E-state index contributed by atoms with van der Waals surface area (Å²) in [5, 5.41) is 2.60. The number of carbonyl (C=O) groups is 3. The minimum atomic E-state index is -0.510. The molecule has 0 radical (unpaired) electrons. The van der Waals surface area contributed by atoms with Crippen LogP contribution in [-0.4, -0.2) is 52.9 Å². The lowest BCUT2D eigenvalue weighted by Gasteiger charge is -2.08. The summed E-state index contributed by atoms with van der Waals surface area (Å²) in [6.07, 6.45) is 2.55. The first-order valence-electron chi connectivity index (χ1n) is 9.67. The van der Waals surface area contributed by atoms with Crippen LogP contribution in [0.15, 0.2) is 48.7 Å². The van der Waals surface area contributed by atoms with Gasteiger partial charge in [-0.05, 0) is 31.2 Å². The van der Waals surface area contributed by atoms with Gasteiger partial charge in [0.05, 0.1) is 52.4 Å². The molecule has 2 aromatic carbocycles. The predicted molar refractivity (Wildman–Crippen MR) is 122 cm³/mol. The van der Waals surface area contributed by atoms with Crippen molar-refractivity contribution in [2.75, 3.05) is 46.1 Å². The number of amides is 1. The van der Waals surface area contributed by atoms with Gasteiger partial charge in [0.2, 0.25) is 0 Å². The second-order valence-corrected chi connectivity index (χ2v) is 6.18. The SMILES string of the molecule is CCO/C=C/C(=O)Nc1cc(OC)cc(C(=O)OC)c1.COC(=O)c1cc(N)cc(OC)c1. The van der Waals surface area contributed by atoms with Gasteiger partial charge >= 0.3 is 11.9 Å². The van der Waals surface area contributed by atoms with Crippen molar-refractivity contribution < 1.29 is 38.1 Å². The fourth-order valence-corrected chi connectivity index (χ4v) is 2.39. The van der Waals surface area contributed by atoms with E-state index in [4.69, 9.17) is 19.9 Å². The predicted octanol–water partition coefficient (Wildman–Crippen LogP) is 3.03. The lowest BCUT2D eigenvalue weighted by Crippen LogP contribution is -2.10. The van der Waals surface area contributed by atoms with Gasteiger partial charge in [-0.25, -0.2) is 9.59 Å². The summed E-state index contributed by atoms with van der Waals surface area (Å²) in [6, 6.07) is 9.36. The van der Waals surface area contributed by atoms with Crippen molar-refractivity contribution in [3.8, 4) is 11.5 Å². The highest BCUT2D eigenvalue weighted by Gasteiger charge is 2.10. The summed E-state index contributed by atoms with van der Waals surface area (Å²) in [4.78, 5) is 34.2. The number of anilines is 2. The van der Waals surface area contributed by atoms with E-state index in [2.05, 4.69) is 14.8 Å². The Kier molecular flexibility index (Phi) is 11.4. The maximum atomic E-state index is 11.6. The van der Waals surface area contributed by atoms with Crippen LogP contribution >= 0.6 is 0 Å². The average Bonchev–Trinajstić information content (AvgIpc) is 2.82. The van der Waals surface area contributed by atoms with Crippen LogP contribution in [-0.2, 0) is 19.0 Å². The van der Waals surface area contributed by atoms with Crippen LogP contribution in [0.25, 0.3) is 0 Å². The van der Waals surface area contributed by atoms with E-state index in [1.807, 2.05) is 6.92 Å². The van der Waals surface area contributed by atoms with E-state index < -0.39 is 11.9 Å². The van der Waals surface area contributed by atoms with E-state index in [9.17, 15) is 14.4 Å². The highest BCUT2D eigenvalue weighted by atomic mass is 16.5. The number of esters is 2. The van der Waals surface area contributed by atoms with Gasteiger partial charge < -0.3 is 34.7 Å². The molecule has 0 aliphatic heterocycles. The molecule has 0 fully saturated rings. The zero-order chi connectivity index (χ0) is 24.8. The zero-order valence-corrected chi connectivity index (χ0v) is 19.2. The standard InChI is InChI=1S/C14H17NO5.C9H11NO3/c1-4-20-6-5-13(16)15-11-7-10(14(17)19-3)8-12(9-11)18-2;1-12-8-4-6(9(11)13-2)3-7(10)5-8/h5-9H,4H2,1-3H3,(H,15,16);3-5H,10H2,1-2H3/b6-5+;. The first-order valence-corrected chi connectivity index (χ1v) is 9.67. The molecule has 0 saturated carbocycles. The van der Waals surface area contributed by atoms with Crippen LogP contribution in [0.1, 0.15) is 27.6 Å². The minimum Gasteiger partial charge on any atom is -0.501 e. The second-order valence-electron chi connectivity index (χ2n) is 6.18. The third-order valence-corrected chi connectivity index (χ3v) is 3.90. The molecule has 0 atom stereocenters. The van der Waals surface area contributed by atoms with Gasteiger partial charge in [-0.15, -0.1) is 0 Å². The quantitative estimate of drug-likeness (QED) is 0.264. The maximum absolute atomic E-state index is 11.6. The number of nitrogen functional groups attached to an aromatic ring is 1. The number of hydrogen-bond acceptors (Lipinski definition) is 9. The Morgan fingerprint density at radius 3 is 1.91 bits per heavy atom. The van der Waals surface area contributed by atoms with Crippen molar-refractivity contribution >= 4 is 29.2 Å².